The van der Waals surface area contributed by atoms with Gasteiger partial charge in [0.15, 0.2) is 5.69 Å². The standard InChI is InChI=1S/C15H14ClF3N4O2/c1-22(2)12(24)8-20-14(25)11-7-21-23(13(11)15(17,18)19)10-5-3-9(16)4-6-10/h3-7H,8H2,1-2H3,(H,20,25). The summed E-state index contributed by atoms with van der Waals surface area (Å²) in [7, 11) is 2.93. The molecule has 1 aromatic carbocycles. The van der Waals surface area contributed by atoms with Gasteiger partial charge in [-0.05, 0) is 24.3 Å². The Bertz CT molecular complexity index is 785. The summed E-state index contributed by atoms with van der Waals surface area (Å²) < 4.78 is 41.0. The van der Waals surface area contributed by atoms with Gasteiger partial charge in [0, 0.05) is 19.1 Å². The number of aromatic nitrogens is 2. The molecule has 1 heterocycles. The number of alkyl halides is 3. The zero-order valence-electron chi connectivity index (χ0n) is 13.3. The van der Waals surface area contributed by atoms with Crippen LogP contribution in [0.2, 0.25) is 5.02 Å². The number of amides is 2. The summed E-state index contributed by atoms with van der Waals surface area (Å²) in [6, 6.07) is 5.52. The van der Waals surface area contributed by atoms with Gasteiger partial charge < -0.3 is 10.2 Å². The fraction of sp³-hybridized carbons (Fsp3) is 0.267. The van der Waals surface area contributed by atoms with E-state index in [0.717, 1.165) is 6.20 Å². The first-order valence-electron chi connectivity index (χ1n) is 7.00. The van der Waals surface area contributed by atoms with Crippen molar-refractivity contribution >= 4 is 23.4 Å². The van der Waals surface area contributed by atoms with Crippen LogP contribution in [0.25, 0.3) is 5.69 Å². The van der Waals surface area contributed by atoms with Gasteiger partial charge in [-0.15, -0.1) is 0 Å². The molecule has 0 fully saturated rings. The summed E-state index contributed by atoms with van der Waals surface area (Å²) in [5.74, 6) is -1.49. The number of likely N-dealkylation sites (N-methyl/N-ethyl adjacent to an activating group) is 1. The highest BCUT2D eigenvalue weighted by Crippen LogP contribution is 2.33. The van der Waals surface area contributed by atoms with Crippen LogP contribution in [0, 0.1) is 0 Å². The van der Waals surface area contributed by atoms with Crippen LogP contribution in [0.3, 0.4) is 0 Å². The molecule has 0 atom stereocenters. The normalized spacial score (nSPS) is 11.3. The Hall–Kier alpha value is -2.55. The van der Waals surface area contributed by atoms with Gasteiger partial charge in [0.1, 0.15) is 0 Å². The average molecular weight is 375 g/mol. The van der Waals surface area contributed by atoms with Gasteiger partial charge in [-0.3, -0.25) is 9.59 Å². The lowest BCUT2D eigenvalue weighted by Crippen LogP contribution is -2.36. The van der Waals surface area contributed by atoms with Crippen LogP contribution >= 0.6 is 11.6 Å². The topological polar surface area (TPSA) is 67.2 Å². The van der Waals surface area contributed by atoms with E-state index in [1.54, 1.807) is 0 Å². The third-order valence-electron chi connectivity index (χ3n) is 3.25. The molecule has 134 valence electrons. The second-order valence-electron chi connectivity index (χ2n) is 5.26. The van der Waals surface area contributed by atoms with Crippen LogP contribution in [-0.2, 0) is 11.0 Å². The molecule has 6 nitrogen and oxygen atoms in total. The van der Waals surface area contributed by atoms with E-state index >= 15 is 0 Å². The van der Waals surface area contributed by atoms with Gasteiger partial charge in [0.2, 0.25) is 5.91 Å². The number of benzene rings is 1. The molecule has 0 radical (unpaired) electrons. The molecular weight excluding hydrogens is 361 g/mol. The molecule has 0 aliphatic rings. The largest absolute Gasteiger partial charge is 0.434 e. The van der Waals surface area contributed by atoms with Crippen molar-refractivity contribution in [3.63, 3.8) is 0 Å². The van der Waals surface area contributed by atoms with E-state index in [9.17, 15) is 22.8 Å². The van der Waals surface area contributed by atoms with E-state index in [1.165, 1.54) is 43.3 Å². The highest BCUT2D eigenvalue weighted by atomic mass is 35.5. The lowest BCUT2D eigenvalue weighted by molar-refractivity contribution is -0.143. The molecule has 1 N–H and O–H groups in total. The van der Waals surface area contributed by atoms with E-state index in [2.05, 4.69) is 10.4 Å². The third kappa shape index (κ3) is 4.30. The van der Waals surface area contributed by atoms with Crippen molar-refractivity contribution in [3.05, 3.63) is 46.7 Å². The molecule has 0 saturated heterocycles. The van der Waals surface area contributed by atoms with E-state index < -0.39 is 35.8 Å². The Balaban J connectivity index is 2.38. The molecule has 1 aromatic heterocycles. The average Bonchev–Trinajstić information content (AvgIpc) is 2.98. The molecule has 10 heteroatoms. The Morgan fingerprint density at radius 3 is 2.36 bits per heavy atom. The van der Waals surface area contributed by atoms with Crippen molar-refractivity contribution in [3.8, 4) is 5.69 Å². The summed E-state index contributed by atoms with van der Waals surface area (Å²) in [6.45, 7) is -0.421. The molecule has 0 aliphatic heterocycles. The third-order valence-corrected chi connectivity index (χ3v) is 3.50. The van der Waals surface area contributed by atoms with Gasteiger partial charge in [0.25, 0.3) is 5.91 Å². The lowest BCUT2D eigenvalue weighted by atomic mass is 10.2. The number of nitrogens with zero attached hydrogens (tertiary/aromatic N) is 3. The van der Waals surface area contributed by atoms with Crippen LogP contribution in [0.4, 0.5) is 13.2 Å². The van der Waals surface area contributed by atoms with Crippen LogP contribution < -0.4 is 5.32 Å². The van der Waals surface area contributed by atoms with Gasteiger partial charge in [-0.25, -0.2) is 4.68 Å². The molecule has 0 spiro atoms. The first kappa shape index (κ1) is 18.8. The highest BCUT2D eigenvalue weighted by molar-refractivity contribution is 6.30. The summed E-state index contributed by atoms with van der Waals surface area (Å²) in [6.07, 6.45) is -4.01. The highest BCUT2D eigenvalue weighted by Gasteiger charge is 2.40. The second-order valence-corrected chi connectivity index (χ2v) is 5.70. The zero-order chi connectivity index (χ0) is 18.8. The van der Waals surface area contributed by atoms with Crippen LogP contribution in [0.15, 0.2) is 30.5 Å². The van der Waals surface area contributed by atoms with Crippen molar-refractivity contribution in [1.82, 2.24) is 20.0 Å². The predicted molar refractivity (Wildman–Crippen MR) is 84.6 cm³/mol. The Labute approximate surface area is 146 Å². The maximum Gasteiger partial charge on any atom is 0.434 e. The molecule has 0 aliphatic carbocycles. The first-order valence-corrected chi connectivity index (χ1v) is 7.38. The monoisotopic (exact) mass is 374 g/mol. The van der Waals surface area contributed by atoms with Gasteiger partial charge in [-0.2, -0.15) is 18.3 Å². The SMILES string of the molecule is CN(C)C(=O)CNC(=O)c1cnn(-c2ccc(Cl)cc2)c1C(F)(F)F. The van der Waals surface area contributed by atoms with Crippen molar-refractivity contribution in [2.45, 2.75) is 6.18 Å². The molecule has 2 aromatic rings. The number of nitrogens with one attached hydrogen (secondary N) is 1. The van der Waals surface area contributed by atoms with E-state index in [1.807, 2.05) is 0 Å². The molecule has 2 amide bonds. The molecule has 0 unspecified atom stereocenters. The second kappa shape index (κ2) is 7.14. The van der Waals surface area contributed by atoms with Crippen molar-refractivity contribution in [2.75, 3.05) is 20.6 Å². The summed E-state index contributed by atoms with van der Waals surface area (Å²) >= 11 is 5.73. The number of rotatable bonds is 4. The minimum atomic E-state index is -4.83. The van der Waals surface area contributed by atoms with Gasteiger partial charge in [-0.1, -0.05) is 11.6 Å². The fourth-order valence-corrected chi connectivity index (χ4v) is 2.10. The predicted octanol–water partition coefficient (Wildman–Crippen LogP) is 2.36. The first-order chi connectivity index (χ1) is 11.6. The van der Waals surface area contributed by atoms with Gasteiger partial charge in [0.05, 0.1) is 24.0 Å². The molecule has 0 bridgehead atoms. The van der Waals surface area contributed by atoms with E-state index in [4.69, 9.17) is 11.6 Å². The Morgan fingerprint density at radius 1 is 1.24 bits per heavy atom. The number of carbonyl (C=O) groups is 2. The van der Waals surface area contributed by atoms with Crippen LogP contribution in [0.5, 0.6) is 0 Å². The quantitative estimate of drug-likeness (QED) is 0.893. The van der Waals surface area contributed by atoms with E-state index in [0.29, 0.717) is 9.70 Å². The number of hydrogen-bond acceptors (Lipinski definition) is 3. The summed E-state index contributed by atoms with van der Waals surface area (Å²) in [4.78, 5) is 24.8. The summed E-state index contributed by atoms with van der Waals surface area (Å²) in [5.41, 5.74) is -1.81. The number of hydrogen-bond donors (Lipinski definition) is 1. The zero-order valence-corrected chi connectivity index (χ0v) is 14.0. The number of carbonyl (C=O) groups excluding carboxylic acids is 2. The van der Waals surface area contributed by atoms with Crippen molar-refractivity contribution in [1.29, 1.82) is 0 Å². The molecule has 0 saturated carbocycles. The van der Waals surface area contributed by atoms with Gasteiger partial charge >= 0.3 is 6.18 Å². The van der Waals surface area contributed by atoms with Crippen LogP contribution in [-0.4, -0.2) is 47.1 Å². The minimum absolute atomic E-state index is 0.0974. The Kier molecular flexibility index (Phi) is 5.36. The smallest absolute Gasteiger partial charge is 0.347 e. The fourth-order valence-electron chi connectivity index (χ4n) is 1.97. The van der Waals surface area contributed by atoms with E-state index in [-0.39, 0.29) is 5.69 Å². The summed E-state index contributed by atoms with van der Waals surface area (Å²) in [5, 5.41) is 6.18. The van der Waals surface area contributed by atoms with Crippen molar-refractivity contribution < 1.29 is 22.8 Å². The molecule has 2 rings (SSSR count). The maximum atomic E-state index is 13.5. The van der Waals surface area contributed by atoms with Crippen molar-refractivity contribution in [2.24, 2.45) is 0 Å². The minimum Gasteiger partial charge on any atom is -0.347 e. The number of halogens is 4. The lowest BCUT2D eigenvalue weighted by Gasteiger charge is -2.14. The maximum absolute atomic E-state index is 13.5. The Morgan fingerprint density at radius 2 is 1.84 bits per heavy atom. The van der Waals surface area contributed by atoms with Crippen LogP contribution in [0.1, 0.15) is 16.1 Å². The molecule has 25 heavy (non-hydrogen) atoms. The molecular formula is C15H14ClF3N4O2.